The van der Waals surface area contributed by atoms with Crippen molar-refractivity contribution in [1.82, 2.24) is 9.71 Å². The normalized spacial score (nSPS) is 11.6. The minimum Gasteiger partial charge on any atom is -0.396 e. The fourth-order valence-electron chi connectivity index (χ4n) is 0.935. The van der Waals surface area contributed by atoms with E-state index in [-0.39, 0.29) is 23.2 Å². The minimum absolute atomic E-state index is 0.0513. The summed E-state index contributed by atoms with van der Waals surface area (Å²) in [5.41, 5.74) is 0. The maximum absolute atomic E-state index is 11.6. The van der Waals surface area contributed by atoms with Crippen molar-refractivity contribution in [3.05, 3.63) is 23.5 Å². The predicted octanol–water partition coefficient (Wildman–Crippen LogP) is 0.396. The molecule has 0 aromatic carbocycles. The number of nitrogens with one attached hydrogen (secondary N) is 1. The maximum Gasteiger partial charge on any atom is 0.243 e. The predicted molar refractivity (Wildman–Crippen MR) is 56.1 cm³/mol. The highest BCUT2D eigenvalue weighted by Gasteiger charge is 2.17. The van der Waals surface area contributed by atoms with Crippen molar-refractivity contribution in [2.24, 2.45) is 0 Å². The molecule has 84 valence electrons. The number of aliphatic hydroxyl groups excluding tert-OH is 1. The summed E-state index contributed by atoms with van der Waals surface area (Å²) in [5, 5.41) is 8.45. The van der Waals surface area contributed by atoms with E-state index in [1.54, 1.807) is 0 Å². The van der Waals surface area contributed by atoms with Crippen LogP contribution in [0.25, 0.3) is 0 Å². The van der Waals surface area contributed by atoms with Gasteiger partial charge in [-0.25, -0.2) is 18.1 Å². The molecule has 0 bridgehead atoms. The number of pyridine rings is 1. The summed E-state index contributed by atoms with van der Waals surface area (Å²) in [7, 11) is -3.62. The van der Waals surface area contributed by atoms with Gasteiger partial charge in [0.1, 0.15) is 10.0 Å². The fourth-order valence-corrected chi connectivity index (χ4v) is 2.46. The number of halogens is 1. The number of sulfonamides is 1. The lowest BCUT2D eigenvalue weighted by atomic mass is 10.5. The monoisotopic (exact) mass is 250 g/mol. The smallest absolute Gasteiger partial charge is 0.243 e. The van der Waals surface area contributed by atoms with Gasteiger partial charge in [-0.05, 0) is 18.6 Å². The Morgan fingerprint density at radius 3 is 2.87 bits per heavy atom. The summed E-state index contributed by atoms with van der Waals surface area (Å²) in [6, 6.07) is 2.86. The molecule has 1 aromatic heterocycles. The fraction of sp³-hybridized carbons (Fsp3) is 0.375. The van der Waals surface area contributed by atoms with E-state index in [1.165, 1.54) is 18.3 Å². The molecular formula is C8H11ClN2O3S. The van der Waals surface area contributed by atoms with Crippen LogP contribution in [0.5, 0.6) is 0 Å². The molecule has 0 saturated heterocycles. The van der Waals surface area contributed by atoms with Crippen molar-refractivity contribution in [2.75, 3.05) is 13.2 Å². The topological polar surface area (TPSA) is 79.3 Å². The molecule has 0 unspecified atom stereocenters. The third kappa shape index (κ3) is 3.42. The second-order valence-electron chi connectivity index (χ2n) is 2.77. The van der Waals surface area contributed by atoms with E-state index >= 15 is 0 Å². The molecule has 0 spiro atoms. The van der Waals surface area contributed by atoms with Gasteiger partial charge in [0.15, 0.2) is 0 Å². The van der Waals surface area contributed by atoms with Gasteiger partial charge in [-0.15, -0.1) is 0 Å². The third-order valence-corrected chi connectivity index (χ3v) is 3.55. The Bertz CT molecular complexity index is 422. The average molecular weight is 251 g/mol. The minimum atomic E-state index is -3.62. The summed E-state index contributed by atoms with van der Waals surface area (Å²) < 4.78 is 25.5. The van der Waals surface area contributed by atoms with E-state index < -0.39 is 10.0 Å². The summed E-state index contributed by atoms with van der Waals surface area (Å²) in [6.45, 7) is 0.105. The zero-order valence-electron chi connectivity index (χ0n) is 7.85. The van der Waals surface area contributed by atoms with Gasteiger partial charge in [-0.3, -0.25) is 0 Å². The van der Waals surface area contributed by atoms with Crippen molar-refractivity contribution < 1.29 is 13.5 Å². The van der Waals surface area contributed by atoms with Crippen molar-refractivity contribution in [3.8, 4) is 0 Å². The number of aliphatic hydroxyl groups is 1. The molecule has 15 heavy (non-hydrogen) atoms. The molecule has 1 heterocycles. The highest BCUT2D eigenvalue weighted by Crippen LogP contribution is 2.17. The average Bonchev–Trinajstić information content (AvgIpc) is 2.18. The Kier molecular flexibility index (Phi) is 4.46. The number of aromatic nitrogens is 1. The van der Waals surface area contributed by atoms with E-state index in [9.17, 15) is 8.42 Å². The Labute approximate surface area is 93.2 Å². The molecule has 0 saturated carbocycles. The van der Waals surface area contributed by atoms with Crippen LogP contribution in [-0.2, 0) is 10.0 Å². The van der Waals surface area contributed by atoms with Crippen LogP contribution in [0.2, 0.25) is 5.15 Å². The number of hydrogen-bond donors (Lipinski definition) is 2. The van der Waals surface area contributed by atoms with E-state index in [0.717, 1.165) is 0 Å². The molecule has 0 aliphatic heterocycles. The lowest BCUT2D eigenvalue weighted by molar-refractivity contribution is 0.289. The van der Waals surface area contributed by atoms with Crippen molar-refractivity contribution in [1.29, 1.82) is 0 Å². The van der Waals surface area contributed by atoms with Gasteiger partial charge in [0.05, 0.1) is 0 Å². The second kappa shape index (κ2) is 5.41. The Hall–Kier alpha value is -0.690. The maximum atomic E-state index is 11.6. The van der Waals surface area contributed by atoms with Gasteiger partial charge in [0.2, 0.25) is 10.0 Å². The van der Waals surface area contributed by atoms with Crippen LogP contribution < -0.4 is 4.72 Å². The van der Waals surface area contributed by atoms with Crippen LogP contribution >= 0.6 is 11.6 Å². The quantitative estimate of drug-likeness (QED) is 0.586. The van der Waals surface area contributed by atoms with Crippen molar-refractivity contribution in [2.45, 2.75) is 11.3 Å². The molecule has 0 aliphatic rings. The molecular weight excluding hydrogens is 240 g/mol. The van der Waals surface area contributed by atoms with Gasteiger partial charge in [0, 0.05) is 19.3 Å². The van der Waals surface area contributed by atoms with E-state index in [2.05, 4.69) is 9.71 Å². The highest BCUT2D eigenvalue weighted by atomic mass is 35.5. The van der Waals surface area contributed by atoms with E-state index in [1.807, 2.05) is 0 Å². The van der Waals surface area contributed by atoms with Crippen LogP contribution in [0.4, 0.5) is 0 Å². The molecule has 7 heteroatoms. The van der Waals surface area contributed by atoms with Crippen LogP contribution in [-0.4, -0.2) is 31.7 Å². The lowest BCUT2D eigenvalue weighted by Crippen LogP contribution is -2.25. The first kappa shape index (κ1) is 12.4. The highest BCUT2D eigenvalue weighted by molar-refractivity contribution is 7.89. The molecule has 2 N–H and O–H groups in total. The van der Waals surface area contributed by atoms with Gasteiger partial charge in [-0.1, -0.05) is 11.6 Å². The van der Waals surface area contributed by atoms with Crippen molar-refractivity contribution in [3.63, 3.8) is 0 Å². The Morgan fingerprint density at radius 2 is 2.27 bits per heavy atom. The van der Waals surface area contributed by atoms with Gasteiger partial charge >= 0.3 is 0 Å². The summed E-state index contributed by atoms with van der Waals surface area (Å²) in [6.07, 6.45) is 1.77. The van der Waals surface area contributed by atoms with E-state index in [0.29, 0.717) is 6.42 Å². The van der Waals surface area contributed by atoms with Crippen LogP contribution in [0.15, 0.2) is 23.2 Å². The Balaban J connectivity index is 2.83. The standard InChI is InChI=1S/C8H11ClN2O3S/c9-8-7(3-1-4-10-8)15(13,14)11-5-2-6-12/h1,3-4,11-12H,2,5-6H2. The molecule has 0 atom stereocenters. The largest absolute Gasteiger partial charge is 0.396 e. The summed E-state index contributed by atoms with van der Waals surface area (Å²) in [4.78, 5) is 3.62. The zero-order chi connectivity index (χ0) is 11.3. The lowest BCUT2D eigenvalue weighted by Gasteiger charge is -2.06. The van der Waals surface area contributed by atoms with Gasteiger partial charge < -0.3 is 5.11 Å². The first-order valence-electron chi connectivity index (χ1n) is 4.29. The van der Waals surface area contributed by atoms with Gasteiger partial charge in [0.25, 0.3) is 0 Å². The molecule has 1 aromatic rings. The SMILES string of the molecule is O=S(=O)(NCCCO)c1cccnc1Cl. The Morgan fingerprint density at radius 1 is 1.53 bits per heavy atom. The first-order chi connectivity index (χ1) is 7.08. The van der Waals surface area contributed by atoms with Crippen LogP contribution in [0.3, 0.4) is 0 Å². The molecule has 0 radical (unpaired) electrons. The van der Waals surface area contributed by atoms with Gasteiger partial charge in [-0.2, -0.15) is 0 Å². The van der Waals surface area contributed by atoms with Crippen molar-refractivity contribution >= 4 is 21.6 Å². The number of hydrogen-bond acceptors (Lipinski definition) is 4. The molecule has 0 amide bonds. The summed E-state index contributed by atoms with van der Waals surface area (Å²) >= 11 is 5.64. The second-order valence-corrected chi connectivity index (χ2v) is 4.86. The molecule has 0 fully saturated rings. The number of rotatable bonds is 5. The molecule has 1 rings (SSSR count). The summed E-state index contributed by atoms with van der Waals surface area (Å²) in [5.74, 6) is 0. The van der Waals surface area contributed by atoms with Crippen LogP contribution in [0, 0.1) is 0 Å². The van der Waals surface area contributed by atoms with E-state index in [4.69, 9.17) is 16.7 Å². The zero-order valence-corrected chi connectivity index (χ0v) is 9.42. The van der Waals surface area contributed by atoms with Crippen LogP contribution in [0.1, 0.15) is 6.42 Å². The third-order valence-electron chi connectivity index (χ3n) is 1.64. The number of nitrogens with zero attached hydrogens (tertiary/aromatic N) is 1. The first-order valence-corrected chi connectivity index (χ1v) is 6.15. The molecule has 5 nitrogen and oxygen atoms in total. The molecule has 0 aliphatic carbocycles.